The number of halogens is 1. The summed E-state index contributed by atoms with van der Waals surface area (Å²) in [4.78, 5) is 24.3. The molecule has 1 unspecified atom stereocenters. The number of benzene rings is 1. The Morgan fingerprint density at radius 1 is 1.43 bits per heavy atom. The SMILES string of the molecule is CCC1CCC(=O)N(Cc2cc([N+](=O)[O-])ccc2Cl)CC1. The molecule has 1 atom stereocenters. The van der Waals surface area contributed by atoms with Gasteiger partial charge in [-0.3, -0.25) is 14.9 Å². The van der Waals surface area contributed by atoms with Crippen molar-refractivity contribution in [3.05, 3.63) is 38.9 Å². The van der Waals surface area contributed by atoms with Gasteiger partial charge in [-0.25, -0.2) is 0 Å². The third-order valence-corrected chi connectivity index (χ3v) is 4.47. The summed E-state index contributed by atoms with van der Waals surface area (Å²) in [6.45, 7) is 3.17. The molecule has 1 amide bonds. The molecule has 1 fully saturated rings. The number of likely N-dealkylation sites (tertiary alicyclic amines) is 1. The number of hydrogen-bond donors (Lipinski definition) is 0. The maximum absolute atomic E-state index is 12.2. The first-order chi connectivity index (χ1) is 10.0. The van der Waals surface area contributed by atoms with Crippen LogP contribution in [0.1, 0.15) is 38.2 Å². The number of amides is 1. The zero-order valence-electron chi connectivity index (χ0n) is 12.0. The van der Waals surface area contributed by atoms with Gasteiger partial charge in [0.25, 0.3) is 5.69 Å². The minimum atomic E-state index is -0.447. The van der Waals surface area contributed by atoms with Gasteiger partial charge in [0.2, 0.25) is 5.91 Å². The van der Waals surface area contributed by atoms with Crippen molar-refractivity contribution in [2.45, 2.75) is 39.2 Å². The van der Waals surface area contributed by atoms with E-state index in [1.54, 1.807) is 4.90 Å². The fraction of sp³-hybridized carbons (Fsp3) is 0.533. The maximum Gasteiger partial charge on any atom is 0.269 e. The van der Waals surface area contributed by atoms with E-state index >= 15 is 0 Å². The zero-order chi connectivity index (χ0) is 15.4. The fourth-order valence-electron chi connectivity index (χ4n) is 2.67. The summed E-state index contributed by atoms with van der Waals surface area (Å²) in [5.41, 5.74) is 0.636. The first-order valence-electron chi connectivity index (χ1n) is 7.21. The van der Waals surface area contributed by atoms with Gasteiger partial charge in [-0.1, -0.05) is 24.9 Å². The van der Waals surface area contributed by atoms with E-state index in [1.807, 2.05) is 0 Å². The lowest BCUT2D eigenvalue weighted by atomic mass is 9.98. The van der Waals surface area contributed by atoms with Crippen molar-refractivity contribution in [2.24, 2.45) is 5.92 Å². The van der Waals surface area contributed by atoms with Crippen molar-refractivity contribution in [3.8, 4) is 0 Å². The molecule has 1 aliphatic rings. The number of carbonyl (C=O) groups excluding carboxylic acids is 1. The van der Waals surface area contributed by atoms with E-state index in [0.717, 1.165) is 19.3 Å². The second-order valence-corrected chi connectivity index (χ2v) is 5.86. The van der Waals surface area contributed by atoms with Crippen LogP contribution in [-0.4, -0.2) is 22.3 Å². The van der Waals surface area contributed by atoms with Crippen molar-refractivity contribution in [3.63, 3.8) is 0 Å². The lowest BCUT2D eigenvalue weighted by Crippen LogP contribution is -2.29. The van der Waals surface area contributed by atoms with Gasteiger partial charge < -0.3 is 4.90 Å². The molecule has 0 spiro atoms. The Labute approximate surface area is 129 Å². The van der Waals surface area contributed by atoms with Crippen LogP contribution >= 0.6 is 11.6 Å². The van der Waals surface area contributed by atoms with E-state index in [0.29, 0.717) is 36.0 Å². The molecule has 2 rings (SSSR count). The van der Waals surface area contributed by atoms with Crippen molar-refractivity contribution in [2.75, 3.05) is 6.54 Å². The first kappa shape index (κ1) is 15.8. The van der Waals surface area contributed by atoms with E-state index in [1.165, 1.54) is 18.2 Å². The topological polar surface area (TPSA) is 63.5 Å². The maximum atomic E-state index is 12.2. The second-order valence-electron chi connectivity index (χ2n) is 5.45. The van der Waals surface area contributed by atoms with Gasteiger partial charge in [0.1, 0.15) is 0 Å². The Morgan fingerprint density at radius 3 is 2.86 bits per heavy atom. The quantitative estimate of drug-likeness (QED) is 0.628. The van der Waals surface area contributed by atoms with Gasteiger partial charge in [0.15, 0.2) is 0 Å². The third-order valence-electron chi connectivity index (χ3n) is 4.11. The number of nitro groups is 1. The van der Waals surface area contributed by atoms with Gasteiger partial charge in [-0.2, -0.15) is 0 Å². The molecule has 0 aliphatic carbocycles. The minimum Gasteiger partial charge on any atom is -0.338 e. The highest BCUT2D eigenvalue weighted by molar-refractivity contribution is 6.31. The van der Waals surface area contributed by atoms with Gasteiger partial charge >= 0.3 is 0 Å². The Kier molecular flexibility index (Phi) is 5.17. The minimum absolute atomic E-state index is 0.00288. The standard InChI is InChI=1S/C15H19ClN2O3/c1-2-11-3-6-15(19)17(8-7-11)10-12-9-13(18(20)21)4-5-14(12)16/h4-5,9,11H,2-3,6-8,10H2,1H3. The van der Waals surface area contributed by atoms with Crippen LogP contribution in [0.5, 0.6) is 0 Å². The number of nitro benzene ring substituents is 1. The van der Waals surface area contributed by atoms with E-state index < -0.39 is 4.92 Å². The average molecular weight is 311 g/mol. The van der Waals surface area contributed by atoms with E-state index in [9.17, 15) is 14.9 Å². The third kappa shape index (κ3) is 3.94. The van der Waals surface area contributed by atoms with Gasteiger partial charge in [-0.05, 0) is 30.4 Å². The van der Waals surface area contributed by atoms with Crippen LogP contribution in [-0.2, 0) is 11.3 Å². The molecule has 21 heavy (non-hydrogen) atoms. The summed E-state index contributed by atoms with van der Waals surface area (Å²) < 4.78 is 0. The van der Waals surface area contributed by atoms with Crippen molar-refractivity contribution >= 4 is 23.2 Å². The molecule has 1 aliphatic heterocycles. The second kappa shape index (κ2) is 6.89. The zero-order valence-corrected chi connectivity index (χ0v) is 12.8. The smallest absolute Gasteiger partial charge is 0.269 e. The lowest BCUT2D eigenvalue weighted by molar-refractivity contribution is -0.384. The van der Waals surface area contributed by atoms with Crippen molar-refractivity contribution in [1.29, 1.82) is 0 Å². The van der Waals surface area contributed by atoms with E-state index in [-0.39, 0.29) is 11.6 Å². The average Bonchev–Trinajstić information content (AvgIpc) is 2.63. The monoisotopic (exact) mass is 310 g/mol. The normalized spacial score (nSPS) is 19.4. The Hall–Kier alpha value is -1.62. The predicted molar refractivity (Wildman–Crippen MR) is 81.2 cm³/mol. The van der Waals surface area contributed by atoms with Crippen LogP contribution in [0.2, 0.25) is 5.02 Å². The van der Waals surface area contributed by atoms with Crippen LogP contribution in [0.4, 0.5) is 5.69 Å². The number of non-ortho nitro benzene ring substituents is 1. The van der Waals surface area contributed by atoms with Crippen LogP contribution in [0.25, 0.3) is 0 Å². The van der Waals surface area contributed by atoms with E-state index in [4.69, 9.17) is 11.6 Å². The van der Waals surface area contributed by atoms with Gasteiger partial charge in [0.05, 0.1) is 4.92 Å². The van der Waals surface area contributed by atoms with Crippen LogP contribution in [0.3, 0.4) is 0 Å². The highest BCUT2D eigenvalue weighted by Crippen LogP contribution is 2.26. The van der Waals surface area contributed by atoms with Gasteiger partial charge in [0, 0.05) is 36.7 Å². The molecule has 1 saturated heterocycles. The number of carbonyl (C=O) groups is 1. The Bertz CT molecular complexity index is 548. The molecule has 0 bridgehead atoms. The molecule has 5 nitrogen and oxygen atoms in total. The molecule has 1 heterocycles. The molecule has 0 saturated carbocycles. The fourth-order valence-corrected chi connectivity index (χ4v) is 2.85. The van der Waals surface area contributed by atoms with Gasteiger partial charge in [-0.15, -0.1) is 0 Å². The summed E-state index contributed by atoms with van der Waals surface area (Å²) in [6.07, 6.45) is 3.53. The summed E-state index contributed by atoms with van der Waals surface area (Å²) in [5.74, 6) is 0.688. The highest BCUT2D eigenvalue weighted by atomic mass is 35.5. The molecule has 0 aromatic heterocycles. The van der Waals surface area contributed by atoms with Crippen LogP contribution < -0.4 is 0 Å². The largest absolute Gasteiger partial charge is 0.338 e. The molecule has 1 aromatic carbocycles. The van der Waals surface area contributed by atoms with Crippen LogP contribution in [0, 0.1) is 16.0 Å². The molecule has 0 N–H and O–H groups in total. The molecule has 6 heteroatoms. The van der Waals surface area contributed by atoms with E-state index in [2.05, 4.69) is 6.92 Å². The van der Waals surface area contributed by atoms with Crippen LogP contribution in [0.15, 0.2) is 18.2 Å². The predicted octanol–water partition coefficient (Wildman–Crippen LogP) is 3.79. The molecule has 0 radical (unpaired) electrons. The Morgan fingerprint density at radius 2 is 2.19 bits per heavy atom. The summed E-state index contributed by atoms with van der Waals surface area (Å²) in [7, 11) is 0. The summed E-state index contributed by atoms with van der Waals surface area (Å²) in [5, 5.41) is 11.3. The van der Waals surface area contributed by atoms with Crippen molar-refractivity contribution in [1.82, 2.24) is 4.90 Å². The number of hydrogen-bond acceptors (Lipinski definition) is 3. The summed E-state index contributed by atoms with van der Waals surface area (Å²) >= 11 is 6.10. The first-order valence-corrected chi connectivity index (χ1v) is 7.59. The number of rotatable bonds is 4. The summed E-state index contributed by atoms with van der Waals surface area (Å²) in [6, 6.07) is 4.35. The molecular weight excluding hydrogens is 292 g/mol. The molecule has 1 aromatic rings. The lowest BCUT2D eigenvalue weighted by Gasteiger charge is -2.21. The van der Waals surface area contributed by atoms with Crippen molar-refractivity contribution < 1.29 is 9.72 Å². The number of nitrogens with zero attached hydrogens (tertiary/aromatic N) is 2. The highest BCUT2D eigenvalue weighted by Gasteiger charge is 2.22. The molecule has 114 valence electrons. The molecular formula is C15H19ClN2O3. The Balaban J connectivity index is 2.15.